The summed E-state index contributed by atoms with van der Waals surface area (Å²) in [5.41, 5.74) is 2.74. The van der Waals surface area contributed by atoms with Gasteiger partial charge in [-0.15, -0.1) is 11.3 Å². The van der Waals surface area contributed by atoms with Crippen LogP contribution in [0.4, 0.5) is 5.69 Å². The van der Waals surface area contributed by atoms with Crippen LogP contribution in [0.15, 0.2) is 48.5 Å². The van der Waals surface area contributed by atoms with Gasteiger partial charge in [0.25, 0.3) is 5.91 Å². The van der Waals surface area contributed by atoms with E-state index in [1.54, 1.807) is 16.2 Å². The Hall–Kier alpha value is -2.31. The van der Waals surface area contributed by atoms with Crippen molar-refractivity contribution in [3.8, 4) is 10.6 Å². The molecule has 4 rings (SSSR count). The maximum atomic E-state index is 12.3. The molecule has 23 heavy (non-hydrogen) atoms. The average molecular weight is 339 g/mol. The molecule has 1 N–H and O–H groups in total. The molecule has 3 aromatic rings. The normalized spacial score (nSPS) is 17.8. The molecule has 0 bridgehead atoms. The van der Waals surface area contributed by atoms with Crippen molar-refractivity contribution in [3.63, 3.8) is 0 Å². The average Bonchev–Trinajstić information content (AvgIpc) is 3.09. The van der Waals surface area contributed by atoms with Gasteiger partial charge in [-0.25, -0.2) is 4.98 Å². The van der Waals surface area contributed by atoms with Crippen LogP contribution in [0.1, 0.15) is 6.92 Å². The number of nitrogens with one attached hydrogen (secondary N) is 1. The minimum absolute atomic E-state index is 0.0311. The first-order valence-corrected chi connectivity index (χ1v) is 8.46. The van der Waals surface area contributed by atoms with E-state index in [9.17, 15) is 4.79 Å². The van der Waals surface area contributed by atoms with Gasteiger partial charge in [0.1, 0.15) is 11.0 Å². The van der Waals surface area contributed by atoms with Crippen molar-refractivity contribution in [1.29, 1.82) is 0 Å². The second-order valence-corrected chi connectivity index (χ2v) is 6.80. The van der Waals surface area contributed by atoms with Gasteiger partial charge in [-0.3, -0.25) is 9.69 Å². The Morgan fingerprint density at radius 3 is 2.78 bits per heavy atom. The zero-order chi connectivity index (χ0) is 16.0. The van der Waals surface area contributed by atoms with Crippen molar-refractivity contribution in [1.82, 2.24) is 10.3 Å². The first-order valence-electron chi connectivity index (χ1n) is 7.24. The number of aromatic nitrogens is 1. The van der Waals surface area contributed by atoms with Gasteiger partial charge in [0.2, 0.25) is 0 Å². The summed E-state index contributed by atoms with van der Waals surface area (Å²) in [7, 11) is 0. The fraction of sp³-hybridized carbons (Fsp3) is 0.118. The first-order chi connectivity index (χ1) is 11.1. The predicted molar refractivity (Wildman–Crippen MR) is 97.7 cm³/mol. The molecule has 2 aromatic carbocycles. The van der Waals surface area contributed by atoms with Crippen LogP contribution in [0.25, 0.3) is 20.8 Å². The lowest BCUT2D eigenvalue weighted by Gasteiger charge is -2.15. The van der Waals surface area contributed by atoms with Crippen LogP contribution in [0.3, 0.4) is 0 Å². The molecule has 1 aliphatic heterocycles. The second kappa shape index (κ2) is 5.40. The molecule has 1 aromatic heterocycles. The van der Waals surface area contributed by atoms with Crippen LogP contribution in [-0.2, 0) is 4.79 Å². The van der Waals surface area contributed by atoms with Crippen molar-refractivity contribution < 1.29 is 4.79 Å². The summed E-state index contributed by atoms with van der Waals surface area (Å²) in [6.45, 7) is 1.81. The maximum absolute atomic E-state index is 12.3. The molecule has 4 nitrogen and oxygen atoms in total. The van der Waals surface area contributed by atoms with Crippen molar-refractivity contribution in [2.45, 2.75) is 13.0 Å². The van der Waals surface area contributed by atoms with Gasteiger partial charge in [0.05, 0.1) is 15.9 Å². The SMILES string of the molecule is C[C@H]1NC(=S)N(c2cccc(-c3nc4ccccc4s3)c2)C1=O. The van der Waals surface area contributed by atoms with Crippen LogP contribution >= 0.6 is 23.6 Å². The molecule has 0 aliphatic carbocycles. The molecule has 0 radical (unpaired) electrons. The van der Waals surface area contributed by atoms with Gasteiger partial charge in [-0.1, -0.05) is 24.3 Å². The zero-order valence-electron chi connectivity index (χ0n) is 12.3. The van der Waals surface area contributed by atoms with E-state index in [-0.39, 0.29) is 11.9 Å². The lowest BCUT2D eigenvalue weighted by molar-refractivity contribution is -0.117. The van der Waals surface area contributed by atoms with Crippen LogP contribution < -0.4 is 10.2 Å². The fourth-order valence-corrected chi connectivity index (χ4v) is 3.96. The predicted octanol–water partition coefficient (Wildman–Crippen LogP) is 3.57. The van der Waals surface area contributed by atoms with Gasteiger partial charge in [-0.2, -0.15) is 0 Å². The number of anilines is 1. The Balaban J connectivity index is 1.77. The van der Waals surface area contributed by atoms with E-state index in [1.807, 2.05) is 49.4 Å². The van der Waals surface area contributed by atoms with Gasteiger partial charge >= 0.3 is 0 Å². The summed E-state index contributed by atoms with van der Waals surface area (Å²) in [5, 5.41) is 4.38. The smallest absolute Gasteiger partial charge is 0.255 e. The number of fused-ring (bicyclic) bond motifs is 1. The highest BCUT2D eigenvalue weighted by molar-refractivity contribution is 7.80. The van der Waals surface area contributed by atoms with Crippen molar-refractivity contribution in [3.05, 3.63) is 48.5 Å². The van der Waals surface area contributed by atoms with Gasteiger partial charge in [0, 0.05) is 5.56 Å². The lowest BCUT2D eigenvalue weighted by atomic mass is 10.2. The van der Waals surface area contributed by atoms with E-state index >= 15 is 0 Å². The summed E-state index contributed by atoms with van der Waals surface area (Å²) in [6, 6.07) is 15.6. The second-order valence-electron chi connectivity index (χ2n) is 5.38. The molecular weight excluding hydrogens is 326 g/mol. The topological polar surface area (TPSA) is 45.2 Å². The molecule has 1 aliphatic rings. The van der Waals surface area contributed by atoms with Gasteiger partial charge in [-0.05, 0) is 43.4 Å². The Bertz CT molecular complexity index is 901. The first kappa shape index (κ1) is 14.3. The molecule has 0 saturated carbocycles. The highest BCUT2D eigenvalue weighted by Crippen LogP contribution is 2.32. The van der Waals surface area contributed by atoms with E-state index in [0.717, 1.165) is 26.5 Å². The number of carbonyl (C=O) groups is 1. The monoisotopic (exact) mass is 339 g/mol. The number of hydrogen-bond donors (Lipinski definition) is 1. The number of thiocarbonyl (C=S) groups is 1. The number of rotatable bonds is 2. The lowest BCUT2D eigenvalue weighted by Crippen LogP contribution is -2.30. The van der Waals surface area contributed by atoms with E-state index in [2.05, 4.69) is 16.4 Å². The van der Waals surface area contributed by atoms with E-state index in [0.29, 0.717) is 5.11 Å². The summed E-state index contributed by atoms with van der Waals surface area (Å²) >= 11 is 6.91. The fourth-order valence-electron chi connectivity index (χ4n) is 2.62. The number of hydrogen-bond acceptors (Lipinski definition) is 4. The molecular formula is C17H13N3OS2. The summed E-state index contributed by atoms with van der Waals surface area (Å²) in [5.74, 6) is -0.0311. The Morgan fingerprint density at radius 2 is 2.04 bits per heavy atom. The third-order valence-corrected chi connectivity index (χ3v) is 5.16. The molecule has 114 valence electrons. The molecule has 1 atom stereocenters. The van der Waals surface area contributed by atoms with Crippen LogP contribution in [-0.4, -0.2) is 22.0 Å². The number of nitrogens with zero attached hydrogens (tertiary/aromatic N) is 2. The number of amides is 1. The van der Waals surface area contributed by atoms with E-state index < -0.39 is 0 Å². The Kier molecular flexibility index (Phi) is 3.36. The standard InChI is InChI=1S/C17H13N3OS2/c1-10-16(21)20(17(22)18-10)12-6-4-5-11(9-12)15-19-13-7-2-3-8-14(13)23-15/h2-10H,1H3,(H,18,22)/t10-/m1/s1. The van der Waals surface area contributed by atoms with Crippen molar-refractivity contribution in [2.75, 3.05) is 4.90 Å². The van der Waals surface area contributed by atoms with Gasteiger partial charge < -0.3 is 5.32 Å². The largest absolute Gasteiger partial charge is 0.350 e. The quantitative estimate of drug-likeness (QED) is 0.725. The van der Waals surface area contributed by atoms with E-state index in [4.69, 9.17) is 12.2 Å². The molecule has 1 fully saturated rings. The molecule has 1 amide bonds. The number of carbonyl (C=O) groups excluding carboxylic acids is 1. The summed E-state index contributed by atoms with van der Waals surface area (Å²) in [6.07, 6.45) is 0. The number of benzene rings is 2. The summed E-state index contributed by atoms with van der Waals surface area (Å²) in [4.78, 5) is 18.5. The molecule has 0 spiro atoms. The minimum Gasteiger partial charge on any atom is -0.350 e. The third-order valence-electron chi connectivity index (χ3n) is 3.78. The Morgan fingerprint density at radius 1 is 1.22 bits per heavy atom. The molecule has 0 unspecified atom stereocenters. The van der Waals surface area contributed by atoms with Crippen LogP contribution in [0, 0.1) is 0 Å². The van der Waals surface area contributed by atoms with Crippen LogP contribution in [0.5, 0.6) is 0 Å². The molecule has 1 saturated heterocycles. The maximum Gasteiger partial charge on any atom is 0.255 e. The van der Waals surface area contributed by atoms with Crippen molar-refractivity contribution in [2.24, 2.45) is 0 Å². The van der Waals surface area contributed by atoms with E-state index in [1.165, 1.54) is 0 Å². The minimum atomic E-state index is -0.284. The zero-order valence-corrected chi connectivity index (χ0v) is 13.9. The molecule has 2 heterocycles. The Labute approximate surface area is 142 Å². The highest BCUT2D eigenvalue weighted by Gasteiger charge is 2.33. The molecule has 6 heteroatoms. The number of para-hydroxylation sites is 1. The third kappa shape index (κ3) is 2.40. The van der Waals surface area contributed by atoms with Gasteiger partial charge in [0.15, 0.2) is 5.11 Å². The summed E-state index contributed by atoms with van der Waals surface area (Å²) < 4.78 is 1.15. The van der Waals surface area contributed by atoms with Crippen molar-refractivity contribution >= 4 is 50.5 Å². The number of thiazole rings is 1. The highest BCUT2D eigenvalue weighted by atomic mass is 32.1. The van der Waals surface area contributed by atoms with Crippen LogP contribution in [0.2, 0.25) is 0 Å².